The molecule has 0 amide bonds. The van der Waals surface area contributed by atoms with Crippen molar-refractivity contribution in [1.82, 2.24) is 14.5 Å². The molecule has 0 saturated heterocycles. The van der Waals surface area contributed by atoms with Crippen LogP contribution in [0.1, 0.15) is 5.56 Å². The van der Waals surface area contributed by atoms with Crippen LogP contribution in [-0.2, 0) is 0 Å². The third-order valence-electron chi connectivity index (χ3n) is 3.10. The van der Waals surface area contributed by atoms with Crippen molar-refractivity contribution in [2.75, 3.05) is 27.2 Å². The molecule has 2 aromatic rings. The second kappa shape index (κ2) is 7.67. The third-order valence-corrected chi connectivity index (χ3v) is 3.92. The molecule has 122 valence electrons. The van der Waals surface area contributed by atoms with Crippen molar-refractivity contribution in [3.05, 3.63) is 49.4 Å². The van der Waals surface area contributed by atoms with E-state index in [1.807, 2.05) is 31.1 Å². The van der Waals surface area contributed by atoms with E-state index in [0.717, 1.165) is 11.0 Å². The minimum absolute atomic E-state index is 0.0836. The monoisotopic (exact) mass is 396 g/mol. The molecule has 1 aromatic carbocycles. The van der Waals surface area contributed by atoms with Gasteiger partial charge in [0.15, 0.2) is 4.77 Å². The van der Waals surface area contributed by atoms with Crippen LogP contribution in [0.5, 0.6) is 5.88 Å². The Morgan fingerprint density at radius 2 is 2.04 bits per heavy atom. The summed E-state index contributed by atoms with van der Waals surface area (Å²) in [5.74, 6) is -0.227. The summed E-state index contributed by atoms with van der Waals surface area (Å²) < 4.78 is 2.43. The van der Waals surface area contributed by atoms with E-state index in [1.165, 1.54) is 10.8 Å². The molecule has 0 saturated carbocycles. The maximum atomic E-state index is 12.0. The van der Waals surface area contributed by atoms with Crippen molar-refractivity contribution >= 4 is 34.4 Å². The van der Waals surface area contributed by atoms with Crippen molar-refractivity contribution < 1.29 is 5.11 Å². The second-order valence-corrected chi connectivity index (χ2v) is 6.45. The first-order valence-electron chi connectivity index (χ1n) is 6.89. The van der Waals surface area contributed by atoms with E-state index < -0.39 is 5.56 Å². The molecule has 1 aromatic heterocycles. The number of hydrogen-bond acceptors (Lipinski definition) is 5. The summed E-state index contributed by atoms with van der Waals surface area (Å²) in [6.45, 7) is 1.28. The molecule has 2 rings (SSSR count). The van der Waals surface area contributed by atoms with Crippen LogP contribution < -0.4 is 5.56 Å². The minimum atomic E-state index is -0.463. The van der Waals surface area contributed by atoms with Gasteiger partial charge in [0.05, 0.1) is 12.2 Å². The summed E-state index contributed by atoms with van der Waals surface area (Å²) in [6, 6.07) is 7.22. The van der Waals surface area contributed by atoms with Gasteiger partial charge in [-0.3, -0.25) is 19.3 Å². The number of aromatic amines is 1. The van der Waals surface area contributed by atoms with E-state index in [-0.39, 0.29) is 16.2 Å². The first-order chi connectivity index (χ1) is 10.9. The van der Waals surface area contributed by atoms with Gasteiger partial charge in [-0.15, -0.1) is 0 Å². The van der Waals surface area contributed by atoms with Crippen molar-refractivity contribution in [2.45, 2.75) is 0 Å². The Kier molecular flexibility index (Phi) is 5.86. The lowest BCUT2D eigenvalue weighted by Crippen LogP contribution is -2.19. The van der Waals surface area contributed by atoms with Crippen LogP contribution in [0.2, 0.25) is 0 Å². The predicted octanol–water partition coefficient (Wildman–Crippen LogP) is 2.34. The summed E-state index contributed by atoms with van der Waals surface area (Å²) in [7, 11) is 3.88. The molecule has 0 bridgehead atoms. The summed E-state index contributed by atoms with van der Waals surface area (Å²) >= 11 is 8.51. The number of rotatable bonds is 5. The Hall–Kier alpha value is -1.77. The Balaban J connectivity index is 2.45. The number of aromatic hydroxyl groups is 1. The van der Waals surface area contributed by atoms with E-state index >= 15 is 0 Å². The molecule has 23 heavy (non-hydrogen) atoms. The van der Waals surface area contributed by atoms with Crippen LogP contribution in [-0.4, -0.2) is 53.0 Å². The molecule has 0 fully saturated rings. The average Bonchev–Trinajstić information content (AvgIpc) is 2.47. The SMILES string of the molecule is CN(C)CCN=Cc1c(O)n(-c2ccc(Br)cc2)c(=S)[nH]c1=O. The van der Waals surface area contributed by atoms with Gasteiger partial charge in [0.2, 0.25) is 5.88 Å². The third kappa shape index (κ3) is 4.37. The van der Waals surface area contributed by atoms with Crippen molar-refractivity contribution in [3.8, 4) is 11.6 Å². The number of likely N-dealkylation sites (N-methyl/N-ethyl adjacent to an activating group) is 1. The summed E-state index contributed by atoms with van der Waals surface area (Å²) in [6.07, 6.45) is 1.38. The number of hydrogen-bond donors (Lipinski definition) is 2. The molecule has 0 spiro atoms. The van der Waals surface area contributed by atoms with Crippen LogP contribution in [0, 0.1) is 4.77 Å². The van der Waals surface area contributed by atoms with Gasteiger partial charge < -0.3 is 10.0 Å². The quantitative estimate of drug-likeness (QED) is 0.600. The maximum Gasteiger partial charge on any atom is 0.264 e. The van der Waals surface area contributed by atoms with Crippen molar-refractivity contribution in [1.29, 1.82) is 0 Å². The Bertz CT molecular complexity index is 825. The zero-order valence-electron chi connectivity index (χ0n) is 12.8. The van der Waals surface area contributed by atoms with Crippen LogP contribution in [0.25, 0.3) is 5.69 Å². The average molecular weight is 397 g/mol. The Morgan fingerprint density at radius 1 is 1.39 bits per heavy atom. The number of benzene rings is 1. The minimum Gasteiger partial charge on any atom is -0.494 e. The Labute approximate surface area is 147 Å². The maximum absolute atomic E-state index is 12.0. The summed E-state index contributed by atoms with van der Waals surface area (Å²) in [4.78, 5) is 20.7. The van der Waals surface area contributed by atoms with Crippen LogP contribution in [0.4, 0.5) is 0 Å². The van der Waals surface area contributed by atoms with Crippen LogP contribution in [0.3, 0.4) is 0 Å². The van der Waals surface area contributed by atoms with Gasteiger partial charge in [-0.05, 0) is 50.6 Å². The fourth-order valence-electron chi connectivity index (χ4n) is 1.90. The van der Waals surface area contributed by atoms with Crippen molar-refractivity contribution in [2.24, 2.45) is 4.99 Å². The molecule has 0 atom stereocenters. The topological polar surface area (TPSA) is 73.6 Å². The van der Waals surface area contributed by atoms with Crippen LogP contribution >= 0.6 is 28.1 Å². The lowest BCUT2D eigenvalue weighted by atomic mass is 10.3. The number of aromatic nitrogens is 2. The molecule has 0 aliphatic carbocycles. The first kappa shape index (κ1) is 17.6. The van der Waals surface area contributed by atoms with Gasteiger partial charge >= 0.3 is 0 Å². The Morgan fingerprint density at radius 3 is 2.65 bits per heavy atom. The molecule has 6 nitrogen and oxygen atoms in total. The molecule has 8 heteroatoms. The lowest BCUT2D eigenvalue weighted by Gasteiger charge is -2.11. The number of H-pyrrole nitrogens is 1. The fraction of sp³-hybridized carbons (Fsp3) is 0.267. The lowest BCUT2D eigenvalue weighted by molar-refractivity contribution is 0.420. The summed E-state index contributed by atoms with van der Waals surface area (Å²) in [5, 5.41) is 10.4. The van der Waals surface area contributed by atoms with Gasteiger partial charge in [-0.25, -0.2) is 0 Å². The zero-order chi connectivity index (χ0) is 17.0. The largest absolute Gasteiger partial charge is 0.494 e. The van der Waals surface area contributed by atoms with E-state index in [9.17, 15) is 9.90 Å². The molecular weight excluding hydrogens is 380 g/mol. The number of halogens is 1. The van der Waals surface area contributed by atoms with Gasteiger partial charge in [-0.1, -0.05) is 15.9 Å². The number of nitrogens with zero attached hydrogens (tertiary/aromatic N) is 3. The van der Waals surface area contributed by atoms with E-state index in [0.29, 0.717) is 12.2 Å². The molecular formula is C15H17BrN4O2S. The fourth-order valence-corrected chi connectivity index (χ4v) is 2.45. The number of nitrogens with one attached hydrogen (secondary N) is 1. The van der Waals surface area contributed by atoms with Gasteiger partial charge in [0.1, 0.15) is 5.56 Å². The normalized spacial score (nSPS) is 11.5. The van der Waals surface area contributed by atoms with E-state index in [1.54, 1.807) is 12.1 Å². The van der Waals surface area contributed by atoms with E-state index in [4.69, 9.17) is 12.2 Å². The smallest absolute Gasteiger partial charge is 0.264 e. The molecule has 0 radical (unpaired) electrons. The highest BCUT2D eigenvalue weighted by atomic mass is 79.9. The predicted molar refractivity (Wildman–Crippen MR) is 97.6 cm³/mol. The van der Waals surface area contributed by atoms with Gasteiger partial charge in [0.25, 0.3) is 5.56 Å². The van der Waals surface area contributed by atoms with E-state index in [2.05, 4.69) is 25.9 Å². The van der Waals surface area contributed by atoms with Crippen molar-refractivity contribution in [3.63, 3.8) is 0 Å². The van der Waals surface area contributed by atoms with Crippen LogP contribution in [0.15, 0.2) is 38.5 Å². The highest BCUT2D eigenvalue weighted by Gasteiger charge is 2.12. The standard InChI is InChI=1S/C15H17BrN4O2S/c1-19(2)8-7-17-9-12-13(21)18-15(23)20(14(12)22)11-5-3-10(16)4-6-11/h3-6,9,22H,7-8H2,1-2H3,(H,18,21,23). The first-order valence-corrected chi connectivity index (χ1v) is 8.09. The van der Waals surface area contributed by atoms with Gasteiger partial charge in [0, 0.05) is 17.2 Å². The second-order valence-electron chi connectivity index (χ2n) is 5.15. The highest BCUT2D eigenvalue weighted by molar-refractivity contribution is 9.10. The molecule has 0 aliphatic rings. The van der Waals surface area contributed by atoms with Gasteiger partial charge in [-0.2, -0.15) is 0 Å². The molecule has 0 unspecified atom stereocenters. The number of aliphatic imine (C=N–C) groups is 1. The highest BCUT2D eigenvalue weighted by Crippen LogP contribution is 2.20. The molecule has 0 aliphatic heterocycles. The molecule has 2 N–H and O–H groups in total. The zero-order valence-corrected chi connectivity index (χ0v) is 15.2. The molecule has 1 heterocycles. The summed E-state index contributed by atoms with van der Waals surface area (Å²) in [5.41, 5.74) is 0.268.